The van der Waals surface area contributed by atoms with Crippen molar-refractivity contribution in [3.05, 3.63) is 48.0 Å². The molecule has 0 unspecified atom stereocenters. The lowest BCUT2D eigenvalue weighted by atomic mass is 10.2. The minimum Gasteiger partial charge on any atom is -0.456 e. The Balaban J connectivity index is 0.00000480. The van der Waals surface area contributed by atoms with Gasteiger partial charge in [-0.05, 0) is 56.6 Å². The molecule has 10 nitrogen and oxygen atoms in total. The van der Waals surface area contributed by atoms with E-state index in [2.05, 4.69) is 10.6 Å². The molecule has 2 aromatic rings. The zero-order valence-electron chi connectivity index (χ0n) is 17.5. The van der Waals surface area contributed by atoms with Crippen LogP contribution in [0.5, 0.6) is 11.5 Å². The number of guanidine groups is 1. The van der Waals surface area contributed by atoms with E-state index in [1.807, 2.05) is 0 Å². The van der Waals surface area contributed by atoms with Gasteiger partial charge in [-0.15, -0.1) is 24.8 Å². The van der Waals surface area contributed by atoms with Gasteiger partial charge in [-0.25, -0.2) is 8.42 Å². The van der Waals surface area contributed by atoms with Crippen molar-refractivity contribution in [2.45, 2.75) is 4.90 Å². The number of carbonyl (C=O) groups is 2. The molecule has 0 bridgehead atoms. The van der Waals surface area contributed by atoms with Crippen LogP contribution in [0.1, 0.15) is 10.4 Å². The number of benzene rings is 2. The Labute approximate surface area is 198 Å². The first-order valence-electron chi connectivity index (χ1n) is 8.67. The van der Waals surface area contributed by atoms with Crippen molar-refractivity contribution in [1.29, 1.82) is 5.41 Å². The largest absolute Gasteiger partial charge is 0.456 e. The number of likely N-dealkylation sites (N-methyl/N-ethyl adjacent to an activating group) is 1. The van der Waals surface area contributed by atoms with Gasteiger partial charge in [0.2, 0.25) is 5.91 Å². The average Bonchev–Trinajstić information content (AvgIpc) is 2.61. The molecule has 2 amide bonds. The topological polar surface area (TPSA) is 155 Å². The molecule has 0 aliphatic heterocycles. The highest BCUT2D eigenvalue weighted by atomic mass is 35.5. The Morgan fingerprint density at radius 1 is 1.09 bits per heavy atom. The number of hydrogen-bond acceptors (Lipinski definition) is 7. The number of ether oxygens (including phenoxy) is 1. The number of halogens is 2. The Kier molecular flexibility index (Phi) is 11.2. The van der Waals surface area contributed by atoms with Crippen LogP contribution >= 0.6 is 24.8 Å². The fraction of sp³-hybridized carbons (Fsp3) is 0.211. The van der Waals surface area contributed by atoms with Crippen LogP contribution in [0.2, 0.25) is 0 Å². The van der Waals surface area contributed by atoms with E-state index >= 15 is 0 Å². The quantitative estimate of drug-likeness (QED) is 0.330. The van der Waals surface area contributed by atoms with Gasteiger partial charge >= 0.3 is 0 Å². The summed E-state index contributed by atoms with van der Waals surface area (Å²) in [5, 5.41) is 11.9. The molecule has 0 heterocycles. The van der Waals surface area contributed by atoms with E-state index in [1.54, 1.807) is 43.3 Å². The van der Waals surface area contributed by atoms with Crippen molar-refractivity contribution in [3.8, 4) is 11.5 Å². The third-order valence-electron chi connectivity index (χ3n) is 3.68. The van der Waals surface area contributed by atoms with Crippen LogP contribution in [0, 0.1) is 5.41 Å². The maximum atomic E-state index is 12.2. The number of nitrogens with zero attached hydrogens (tertiary/aromatic N) is 1. The van der Waals surface area contributed by atoms with Crippen molar-refractivity contribution in [3.63, 3.8) is 0 Å². The lowest BCUT2D eigenvalue weighted by Crippen LogP contribution is -2.35. The fourth-order valence-corrected chi connectivity index (χ4v) is 3.26. The van der Waals surface area contributed by atoms with E-state index in [-0.39, 0.29) is 53.5 Å². The van der Waals surface area contributed by atoms with E-state index in [4.69, 9.17) is 15.9 Å². The van der Waals surface area contributed by atoms with Gasteiger partial charge in [0, 0.05) is 17.5 Å². The summed E-state index contributed by atoms with van der Waals surface area (Å²) >= 11 is 0. The molecule has 0 aromatic heterocycles. The molecule has 0 aliphatic rings. The molecule has 0 atom stereocenters. The molecule has 2 rings (SSSR count). The number of hydrogen-bond donors (Lipinski definition) is 4. The number of anilines is 1. The Hall–Kier alpha value is -2.86. The highest BCUT2D eigenvalue weighted by molar-refractivity contribution is 7.90. The molecule has 2 aromatic carbocycles. The Morgan fingerprint density at radius 3 is 2.19 bits per heavy atom. The van der Waals surface area contributed by atoms with Crippen LogP contribution in [0.3, 0.4) is 0 Å². The lowest BCUT2D eigenvalue weighted by Gasteiger charge is -2.13. The second-order valence-electron chi connectivity index (χ2n) is 6.71. The highest BCUT2D eigenvalue weighted by Crippen LogP contribution is 2.30. The normalized spacial score (nSPS) is 10.4. The third-order valence-corrected chi connectivity index (χ3v) is 4.80. The first-order chi connectivity index (χ1) is 14.0. The second-order valence-corrected chi connectivity index (χ2v) is 8.70. The van der Waals surface area contributed by atoms with Crippen molar-refractivity contribution < 1.29 is 22.7 Å². The van der Waals surface area contributed by atoms with Gasteiger partial charge in [0.15, 0.2) is 15.8 Å². The first-order valence-corrected chi connectivity index (χ1v) is 10.6. The average molecular weight is 506 g/mol. The van der Waals surface area contributed by atoms with Crippen molar-refractivity contribution in [2.24, 2.45) is 5.73 Å². The number of amides is 2. The fourth-order valence-electron chi connectivity index (χ4n) is 2.44. The summed E-state index contributed by atoms with van der Waals surface area (Å²) in [6, 6.07) is 10.3. The highest BCUT2D eigenvalue weighted by Gasteiger charge is 2.19. The molecule has 13 heteroatoms. The minimum atomic E-state index is -3.73. The van der Waals surface area contributed by atoms with Crippen LogP contribution < -0.4 is 21.1 Å². The summed E-state index contributed by atoms with van der Waals surface area (Å²) in [5.41, 5.74) is 5.71. The monoisotopic (exact) mass is 505 g/mol. The molecule has 5 N–H and O–H groups in total. The molecule has 0 saturated heterocycles. The van der Waals surface area contributed by atoms with Crippen molar-refractivity contribution in [1.82, 2.24) is 10.2 Å². The number of nitrogens with one attached hydrogen (secondary N) is 3. The van der Waals surface area contributed by atoms with E-state index in [1.165, 1.54) is 12.1 Å². The van der Waals surface area contributed by atoms with Crippen molar-refractivity contribution >= 4 is 58.1 Å². The smallest absolute Gasteiger partial charge is 0.257 e. The SMILES string of the molecule is CN(C)CC(=O)Nc1ccc(Oc2ccc(C(=O)NC(=N)N)cc2S(C)(=O)=O)cc1.Cl.Cl. The molecule has 0 aliphatic carbocycles. The minimum absolute atomic E-state index is 0. The Bertz CT molecular complexity index is 1080. The first kappa shape index (κ1) is 29.1. The summed E-state index contributed by atoms with van der Waals surface area (Å²) in [4.78, 5) is 25.3. The van der Waals surface area contributed by atoms with Crippen molar-refractivity contribution in [2.75, 3.05) is 32.2 Å². The van der Waals surface area contributed by atoms with E-state index in [0.29, 0.717) is 11.4 Å². The summed E-state index contributed by atoms with van der Waals surface area (Å²) in [6.07, 6.45) is 0.991. The van der Waals surface area contributed by atoms with Gasteiger partial charge in [0.1, 0.15) is 16.4 Å². The van der Waals surface area contributed by atoms with Crippen LogP contribution in [-0.4, -0.2) is 58.0 Å². The molecular weight excluding hydrogens is 481 g/mol. The van der Waals surface area contributed by atoms with Gasteiger partial charge in [-0.2, -0.15) is 0 Å². The number of sulfone groups is 1. The molecule has 32 heavy (non-hydrogen) atoms. The van der Waals surface area contributed by atoms with Crippen LogP contribution in [-0.2, 0) is 14.6 Å². The summed E-state index contributed by atoms with van der Waals surface area (Å²) in [6.45, 7) is 0.236. The van der Waals surface area contributed by atoms with Crippen LogP contribution in [0.15, 0.2) is 47.4 Å². The second kappa shape index (κ2) is 12.2. The zero-order chi connectivity index (χ0) is 22.5. The number of nitrogens with two attached hydrogens (primary N) is 1. The van der Waals surface area contributed by atoms with E-state index in [0.717, 1.165) is 12.3 Å². The maximum absolute atomic E-state index is 12.2. The zero-order valence-corrected chi connectivity index (χ0v) is 20.0. The summed E-state index contributed by atoms with van der Waals surface area (Å²) in [5.74, 6) is -1.07. The molecular formula is C19H25Cl2N5O5S. The molecule has 0 radical (unpaired) electrons. The third kappa shape index (κ3) is 8.71. The van der Waals surface area contributed by atoms with Gasteiger partial charge in [-0.1, -0.05) is 0 Å². The lowest BCUT2D eigenvalue weighted by molar-refractivity contribution is -0.116. The summed E-state index contributed by atoms with van der Waals surface area (Å²) < 4.78 is 30.0. The maximum Gasteiger partial charge on any atom is 0.257 e. The van der Waals surface area contributed by atoms with E-state index in [9.17, 15) is 18.0 Å². The van der Waals surface area contributed by atoms with Crippen LogP contribution in [0.25, 0.3) is 0 Å². The predicted octanol–water partition coefficient (Wildman–Crippen LogP) is 1.85. The molecule has 0 fully saturated rings. The van der Waals surface area contributed by atoms with E-state index < -0.39 is 21.7 Å². The van der Waals surface area contributed by atoms with Gasteiger partial charge in [0.05, 0.1) is 6.54 Å². The standard InChI is InChI=1S/C19H23N5O5S.2ClH/c1-24(2)11-17(25)22-13-5-7-14(8-6-13)29-15-9-4-12(18(26)23-19(20)21)10-16(15)30(3,27)28;;/h4-10H,11H2,1-3H3,(H,22,25)(H4,20,21,23,26);2*1H. The Morgan fingerprint density at radius 2 is 1.69 bits per heavy atom. The number of rotatable bonds is 7. The molecule has 0 spiro atoms. The molecule has 0 saturated carbocycles. The summed E-state index contributed by atoms with van der Waals surface area (Å²) in [7, 11) is -0.160. The van der Waals surface area contributed by atoms with Crippen LogP contribution in [0.4, 0.5) is 5.69 Å². The number of carbonyl (C=O) groups excluding carboxylic acids is 2. The van der Waals surface area contributed by atoms with Gasteiger partial charge in [-0.3, -0.25) is 20.3 Å². The van der Waals surface area contributed by atoms with Gasteiger partial charge in [0.25, 0.3) is 5.91 Å². The molecule has 176 valence electrons. The predicted molar refractivity (Wildman–Crippen MR) is 127 cm³/mol. The van der Waals surface area contributed by atoms with Gasteiger partial charge < -0.3 is 20.7 Å².